The number of primary amides is 1. The molecule has 1 aromatic heterocycles. The number of rotatable bonds is 5. The number of amides is 1. The summed E-state index contributed by atoms with van der Waals surface area (Å²) in [7, 11) is 0. The summed E-state index contributed by atoms with van der Waals surface area (Å²) in [5.74, 6) is -0.239. The van der Waals surface area contributed by atoms with Gasteiger partial charge in [-0.25, -0.2) is 0 Å². The molecule has 2 rings (SSSR count). The molecule has 0 aliphatic carbocycles. The van der Waals surface area contributed by atoms with E-state index < -0.39 is 0 Å². The monoisotopic (exact) mass is 248 g/mol. The summed E-state index contributed by atoms with van der Waals surface area (Å²) in [6, 6.07) is 4.55. The van der Waals surface area contributed by atoms with Gasteiger partial charge in [0.25, 0.3) is 0 Å². The van der Waals surface area contributed by atoms with Crippen molar-refractivity contribution in [3.05, 3.63) is 30.1 Å². The predicted octanol–water partition coefficient (Wildman–Crippen LogP) is 0.121. The highest BCUT2D eigenvalue weighted by molar-refractivity contribution is 5.75. The molecule has 0 atom stereocenters. The Morgan fingerprint density at radius 3 is 2.89 bits per heavy atom. The molecule has 0 radical (unpaired) electrons. The highest BCUT2D eigenvalue weighted by Crippen LogP contribution is 2.10. The number of nitrogens with one attached hydrogen (secondary N) is 1. The standard InChI is InChI=1S/C13H20N4O/c14-13(18)10-17-6-3-12(4-7-17)16-9-11-2-1-5-15-8-11/h1-2,5,8,12,16H,3-4,6-7,9-10H2,(H2,14,18). The van der Waals surface area contributed by atoms with Crippen LogP contribution in [0.5, 0.6) is 0 Å². The number of nitrogens with zero attached hydrogens (tertiary/aromatic N) is 2. The van der Waals surface area contributed by atoms with Crippen LogP contribution in [0.4, 0.5) is 0 Å². The Balaban J connectivity index is 1.69. The lowest BCUT2D eigenvalue weighted by Crippen LogP contribution is -2.45. The van der Waals surface area contributed by atoms with E-state index in [1.807, 2.05) is 12.3 Å². The van der Waals surface area contributed by atoms with Crippen LogP contribution in [0, 0.1) is 0 Å². The Hall–Kier alpha value is -1.46. The maximum atomic E-state index is 10.8. The zero-order chi connectivity index (χ0) is 12.8. The summed E-state index contributed by atoms with van der Waals surface area (Å²) in [5, 5.41) is 3.53. The van der Waals surface area contributed by atoms with Crippen LogP contribution in [0.15, 0.2) is 24.5 Å². The van der Waals surface area contributed by atoms with Gasteiger partial charge in [0.15, 0.2) is 0 Å². The summed E-state index contributed by atoms with van der Waals surface area (Å²) in [6.45, 7) is 3.12. The minimum absolute atomic E-state index is 0.239. The molecule has 1 fully saturated rings. The average molecular weight is 248 g/mol. The first kappa shape index (κ1) is 13.0. The fourth-order valence-electron chi connectivity index (χ4n) is 2.28. The molecular weight excluding hydrogens is 228 g/mol. The maximum absolute atomic E-state index is 10.8. The molecule has 1 aromatic rings. The molecule has 0 saturated carbocycles. The average Bonchev–Trinajstić information content (AvgIpc) is 2.38. The second-order valence-electron chi connectivity index (χ2n) is 4.76. The first-order valence-corrected chi connectivity index (χ1v) is 6.37. The fraction of sp³-hybridized carbons (Fsp3) is 0.538. The maximum Gasteiger partial charge on any atom is 0.231 e. The van der Waals surface area contributed by atoms with Gasteiger partial charge in [0, 0.05) is 38.1 Å². The van der Waals surface area contributed by atoms with Gasteiger partial charge in [-0.05, 0) is 24.5 Å². The van der Waals surface area contributed by atoms with Gasteiger partial charge >= 0.3 is 0 Å². The van der Waals surface area contributed by atoms with Crippen molar-refractivity contribution in [3.63, 3.8) is 0 Å². The quantitative estimate of drug-likeness (QED) is 0.776. The first-order valence-electron chi connectivity index (χ1n) is 6.37. The second kappa shape index (κ2) is 6.47. The highest BCUT2D eigenvalue weighted by atomic mass is 16.1. The molecule has 0 aromatic carbocycles. The van der Waals surface area contributed by atoms with E-state index in [1.54, 1.807) is 6.20 Å². The van der Waals surface area contributed by atoms with E-state index in [2.05, 4.69) is 21.3 Å². The minimum Gasteiger partial charge on any atom is -0.369 e. The molecular formula is C13H20N4O. The van der Waals surface area contributed by atoms with E-state index in [-0.39, 0.29) is 5.91 Å². The lowest BCUT2D eigenvalue weighted by Gasteiger charge is -2.31. The predicted molar refractivity (Wildman–Crippen MR) is 69.7 cm³/mol. The van der Waals surface area contributed by atoms with Crippen LogP contribution < -0.4 is 11.1 Å². The molecule has 1 aliphatic heterocycles. The fourth-order valence-corrected chi connectivity index (χ4v) is 2.28. The molecule has 0 spiro atoms. The van der Waals surface area contributed by atoms with Gasteiger partial charge in [-0.2, -0.15) is 0 Å². The van der Waals surface area contributed by atoms with Gasteiger partial charge in [-0.1, -0.05) is 6.07 Å². The van der Waals surface area contributed by atoms with Gasteiger partial charge in [0.1, 0.15) is 0 Å². The summed E-state index contributed by atoms with van der Waals surface area (Å²) >= 11 is 0. The smallest absolute Gasteiger partial charge is 0.231 e. The van der Waals surface area contributed by atoms with Crippen molar-refractivity contribution in [2.24, 2.45) is 5.73 Å². The molecule has 0 unspecified atom stereocenters. The number of likely N-dealkylation sites (tertiary alicyclic amines) is 1. The van der Waals surface area contributed by atoms with Gasteiger partial charge in [0.2, 0.25) is 5.91 Å². The first-order chi connectivity index (χ1) is 8.74. The van der Waals surface area contributed by atoms with Gasteiger partial charge in [0.05, 0.1) is 6.54 Å². The summed E-state index contributed by atoms with van der Waals surface area (Å²) in [4.78, 5) is 17.0. The lowest BCUT2D eigenvalue weighted by molar-refractivity contribution is -0.119. The number of pyridine rings is 1. The third kappa shape index (κ3) is 4.09. The van der Waals surface area contributed by atoms with E-state index in [9.17, 15) is 4.79 Å². The van der Waals surface area contributed by atoms with Crippen molar-refractivity contribution in [2.75, 3.05) is 19.6 Å². The summed E-state index contributed by atoms with van der Waals surface area (Å²) < 4.78 is 0. The molecule has 18 heavy (non-hydrogen) atoms. The van der Waals surface area contributed by atoms with Crippen molar-refractivity contribution >= 4 is 5.91 Å². The van der Waals surface area contributed by atoms with Crippen molar-refractivity contribution < 1.29 is 4.79 Å². The molecule has 3 N–H and O–H groups in total. The topological polar surface area (TPSA) is 71.2 Å². The van der Waals surface area contributed by atoms with Crippen molar-refractivity contribution in [2.45, 2.75) is 25.4 Å². The van der Waals surface area contributed by atoms with Crippen LogP contribution in [0.1, 0.15) is 18.4 Å². The van der Waals surface area contributed by atoms with E-state index in [4.69, 9.17) is 5.73 Å². The zero-order valence-electron chi connectivity index (χ0n) is 10.5. The van der Waals surface area contributed by atoms with E-state index in [0.717, 1.165) is 32.5 Å². The van der Waals surface area contributed by atoms with Crippen LogP contribution in [0.25, 0.3) is 0 Å². The Morgan fingerprint density at radius 2 is 2.28 bits per heavy atom. The molecule has 0 bridgehead atoms. The number of nitrogens with two attached hydrogens (primary N) is 1. The summed E-state index contributed by atoms with van der Waals surface area (Å²) in [6.07, 6.45) is 5.79. The minimum atomic E-state index is -0.239. The molecule has 5 nitrogen and oxygen atoms in total. The number of carbonyl (C=O) groups is 1. The molecule has 1 saturated heterocycles. The highest BCUT2D eigenvalue weighted by Gasteiger charge is 2.19. The molecule has 2 heterocycles. The summed E-state index contributed by atoms with van der Waals surface area (Å²) in [5.41, 5.74) is 6.40. The van der Waals surface area contributed by atoms with Crippen molar-refractivity contribution in [3.8, 4) is 0 Å². The third-order valence-electron chi connectivity index (χ3n) is 3.28. The van der Waals surface area contributed by atoms with Crippen LogP contribution in [0.2, 0.25) is 0 Å². The van der Waals surface area contributed by atoms with Crippen molar-refractivity contribution in [1.29, 1.82) is 0 Å². The molecule has 1 amide bonds. The zero-order valence-corrected chi connectivity index (χ0v) is 10.5. The normalized spacial score (nSPS) is 17.8. The SMILES string of the molecule is NC(=O)CN1CCC(NCc2cccnc2)CC1. The molecule has 5 heteroatoms. The van der Waals surface area contributed by atoms with Gasteiger partial charge in [-0.3, -0.25) is 14.7 Å². The van der Waals surface area contributed by atoms with Crippen LogP contribution in [-0.4, -0.2) is 41.5 Å². The van der Waals surface area contributed by atoms with E-state index >= 15 is 0 Å². The lowest BCUT2D eigenvalue weighted by atomic mass is 10.0. The second-order valence-corrected chi connectivity index (χ2v) is 4.76. The van der Waals surface area contributed by atoms with Crippen LogP contribution >= 0.6 is 0 Å². The number of hydrogen-bond acceptors (Lipinski definition) is 4. The number of aromatic nitrogens is 1. The number of carbonyl (C=O) groups excluding carboxylic acids is 1. The Labute approximate surface area is 107 Å². The van der Waals surface area contributed by atoms with E-state index in [1.165, 1.54) is 5.56 Å². The number of hydrogen-bond donors (Lipinski definition) is 2. The molecule has 98 valence electrons. The van der Waals surface area contributed by atoms with E-state index in [0.29, 0.717) is 12.6 Å². The van der Waals surface area contributed by atoms with Gasteiger partial charge < -0.3 is 11.1 Å². The third-order valence-corrected chi connectivity index (χ3v) is 3.28. The largest absolute Gasteiger partial charge is 0.369 e. The Morgan fingerprint density at radius 1 is 1.50 bits per heavy atom. The number of piperidine rings is 1. The van der Waals surface area contributed by atoms with Crippen LogP contribution in [0.3, 0.4) is 0 Å². The van der Waals surface area contributed by atoms with Crippen LogP contribution in [-0.2, 0) is 11.3 Å². The Kier molecular flexibility index (Phi) is 4.66. The molecule has 1 aliphatic rings. The van der Waals surface area contributed by atoms with Gasteiger partial charge in [-0.15, -0.1) is 0 Å². The van der Waals surface area contributed by atoms with Crippen molar-refractivity contribution in [1.82, 2.24) is 15.2 Å². The Bertz CT molecular complexity index is 374.